The number of anilines is 2. The second kappa shape index (κ2) is 9.06. The second-order valence-electron chi connectivity index (χ2n) is 7.76. The standard InChI is InChI=1S/C23H20BrN3O3S2/c1-14-5-10-19-20(13-25)23(31-21(19)11-14)26-22(28)15-3-2-4-18(12-15)32(29,30)27-17-8-6-16(24)7-9-17/h2-4,6-9,12,14,27H,5,10-11H2,1H3,(H,26,28)/t14-/m1/s1. The number of benzene rings is 2. The molecule has 0 bridgehead atoms. The fraction of sp³-hybridized carbons (Fsp3) is 0.217. The number of fused-ring (bicyclic) bond motifs is 1. The van der Waals surface area contributed by atoms with Crippen molar-refractivity contribution >= 4 is 53.9 Å². The Bertz CT molecular complexity index is 1330. The van der Waals surface area contributed by atoms with Gasteiger partial charge in [-0.1, -0.05) is 28.9 Å². The van der Waals surface area contributed by atoms with E-state index in [1.165, 1.54) is 29.5 Å². The molecular weight excluding hydrogens is 510 g/mol. The summed E-state index contributed by atoms with van der Waals surface area (Å²) < 4.78 is 28.9. The van der Waals surface area contributed by atoms with E-state index >= 15 is 0 Å². The van der Waals surface area contributed by atoms with Crippen molar-refractivity contribution in [1.29, 1.82) is 5.26 Å². The molecule has 32 heavy (non-hydrogen) atoms. The number of amides is 1. The smallest absolute Gasteiger partial charge is 0.261 e. The first-order chi connectivity index (χ1) is 15.3. The molecule has 164 valence electrons. The molecule has 1 heterocycles. The highest BCUT2D eigenvalue weighted by Gasteiger charge is 2.25. The molecule has 9 heteroatoms. The maximum absolute atomic E-state index is 12.9. The molecule has 0 unspecified atom stereocenters. The molecule has 0 spiro atoms. The van der Waals surface area contributed by atoms with E-state index in [9.17, 15) is 18.5 Å². The van der Waals surface area contributed by atoms with Gasteiger partial charge in [0.1, 0.15) is 11.1 Å². The van der Waals surface area contributed by atoms with Crippen LogP contribution < -0.4 is 10.0 Å². The van der Waals surface area contributed by atoms with Gasteiger partial charge in [-0.2, -0.15) is 5.26 Å². The Morgan fingerprint density at radius 2 is 1.97 bits per heavy atom. The van der Waals surface area contributed by atoms with E-state index in [0.29, 0.717) is 22.2 Å². The van der Waals surface area contributed by atoms with Gasteiger partial charge in [0.15, 0.2) is 0 Å². The minimum Gasteiger partial charge on any atom is -0.312 e. The SMILES string of the molecule is C[C@@H]1CCc2c(sc(NC(=O)c3cccc(S(=O)(=O)Nc4ccc(Br)cc4)c3)c2C#N)C1. The number of thiophene rings is 1. The molecule has 0 aliphatic heterocycles. The Morgan fingerprint density at radius 1 is 1.22 bits per heavy atom. The first-order valence-corrected chi connectivity index (χ1v) is 13.1. The normalized spacial score (nSPS) is 15.5. The minimum absolute atomic E-state index is 0.0205. The van der Waals surface area contributed by atoms with Gasteiger partial charge in [0.25, 0.3) is 15.9 Å². The zero-order chi connectivity index (χ0) is 22.9. The zero-order valence-corrected chi connectivity index (χ0v) is 20.4. The molecule has 0 fully saturated rings. The maximum atomic E-state index is 12.9. The number of hydrogen-bond donors (Lipinski definition) is 2. The summed E-state index contributed by atoms with van der Waals surface area (Å²) in [6.45, 7) is 2.18. The van der Waals surface area contributed by atoms with Crippen LogP contribution in [0.4, 0.5) is 10.7 Å². The van der Waals surface area contributed by atoms with Gasteiger partial charge in [-0.3, -0.25) is 9.52 Å². The number of nitriles is 1. The lowest BCUT2D eigenvalue weighted by molar-refractivity contribution is 0.102. The molecule has 0 saturated heterocycles. The molecule has 1 aliphatic carbocycles. The third kappa shape index (κ3) is 4.72. The van der Waals surface area contributed by atoms with Crippen molar-refractivity contribution in [1.82, 2.24) is 0 Å². The summed E-state index contributed by atoms with van der Waals surface area (Å²) in [6, 6.07) is 14.8. The van der Waals surface area contributed by atoms with Crippen molar-refractivity contribution in [3.8, 4) is 6.07 Å². The van der Waals surface area contributed by atoms with Crippen LogP contribution in [-0.2, 0) is 22.9 Å². The van der Waals surface area contributed by atoms with E-state index in [1.807, 2.05) is 0 Å². The molecule has 2 N–H and O–H groups in total. The quantitative estimate of drug-likeness (QED) is 0.451. The third-order valence-electron chi connectivity index (χ3n) is 5.35. The van der Waals surface area contributed by atoms with Crippen LogP contribution in [-0.4, -0.2) is 14.3 Å². The summed E-state index contributed by atoms with van der Waals surface area (Å²) in [5.74, 6) is 0.102. The predicted molar refractivity (Wildman–Crippen MR) is 130 cm³/mol. The highest BCUT2D eigenvalue weighted by atomic mass is 79.9. The van der Waals surface area contributed by atoms with Crippen molar-refractivity contribution in [2.24, 2.45) is 5.92 Å². The molecule has 2 aromatic carbocycles. The Balaban J connectivity index is 1.57. The molecule has 0 radical (unpaired) electrons. The van der Waals surface area contributed by atoms with Gasteiger partial charge in [-0.15, -0.1) is 11.3 Å². The van der Waals surface area contributed by atoms with E-state index in [0.717, 1.165) is 34.2 Å². The van der Waals surface area contributed by atoms with Crippen LogP contribution in [0.2, 0.25) is 0 Å². The van der Waals surface area contributed by atoms with E-state index < -0.39 is 15.9 Å². The van der Waals surface area contributed by atoms with Crippen LogP contribution in [0, 0.1) is 17.2 Å². The molecule has 3 aromatic rings. The lowest BCUT2D eigenvalue weighted by atomic mass is 9.88. The van der Waals surface area contributed by atoms with Gasteiger partial charge in [-0.05, 0) is 73.2 Å². The Morgan fingerprint density at radius 3 is 2.69 bits per heavy atom. The van der Waals surface area contributed by atoms with E-state index in [2.05, 4.69) is 39.0 Å². The van der Waals surface area contributed by atoms with E-state index in [4.69, 9.17) is 0 Å². The molecule has 0 saturated carbocycles. The Labute approximate surface area is 199 Å². The number of nitrogens with zero attached hydrogens (tertiary/aromatic N) is 1. The number of sulfonamides is 1. The van der Waals surface area contributed by atoms with E-state index in [1.54, 1.807) is 30.3 Å². The summed E-state index contributed by atoms with van der Waals surface area (Å²) in [6.07, 6.45) is 2.76. The maximum Gasteiger partial charge on any atom is 0.261 e. The molecule has 1 atom stereocenters. The molecule has 4 rings (SSSR count). The van der Waals surface area contributed by atoms with Crippen LogP contribution >= 0.6 is 27.3 Å². The number of carbonyl (C=O) groups is 1. The lowest BCUT2D eigenvalue weighted by Gasteiger charge is -2.17. The van der Waals surface area contributed by atoms with Crippen molar-refractivity contribution in [3.05, 3.63) is 74.6 Å². The van der Waals surface area contributed by atoms with Crippen molar-refractivity contribution < 1.29 is 13.2 Å². The predicted octanol–water partition coefficient (Wildman–Crippen LogP) is 5.56. The van der Waals surface area contributed by atoms with Crippen LogP contribution in [0.1, 0.15) is 39.7 Å². The topological polar surface area (TPSA) is 99.1 Å². The molecule has 1 aromatic heterocycles. The fourth-order valence-electron chi connectivity index (χ4n) is 3.67. The molecular formula is C23H20BrN3O3S2. The summed E-state index contributed by atoms with van der Waals surface area (Å²) in [7, 11) is -3.87. The van der Waals surface area contributed by atoms with Crippen molar-refractivity contribution in [3.63, 3.8) is 0 Å². The average Bonchev–Trinajstić information content (AvgIpc) is 3.11. The first kappa shape index (κ1) is 22.5. The Kier molecular flexibility index (Phi) is 6.38. The average molecular weight is 530 g/mol. The van der Waals surface area contributed by atoms with E-state index in [-0.39, 0.29) is 10.5 Å². The second-order valence-corrected chi connectivity index (χ2v) is 11.5. The van der Waals surface area contributed by atoms with Crippen molar-refractivity contribution in [2.75, 3.05) is 10.0 Å². The fourth-order valence-corrected chi connectivity index (χ4v) is 6.39. The van der Waals surface area contributed by atoms with Gasteiger partial charge < -0.3 is 5.32 Å². The lowest BCUT2D eigenvalue weighted by Crippen LogP contribution is -2.16. The summed E-state index contributed by atoms with van der Waals surface area (Å²) in [4.78, 5) is 14.0. The van der Waals surface area contributed by atoms with Gasteiger partial charge in [-0.25, -0.2) is 8.42 Å². The summed E-state index contributed by atoms with van der Waals surface area (Å²) in [5, 5.41) is 13.0. The van der Waals surface area contributed by atoms with Crippen LogP contribution in [0.5, 0.6) is 0 Å². The number of nitrogens with one attached hydrogen (secondary N) is 2. The van der Waals surface area contributed by atoms with Gasteiger partial charge in [0.2, 0.25) is 0 Å². The van der Waals surface area contributed by atoms with Gasteiger partial charge >= 0.3 is 0 Å². The largest absolute Gasteiger partial charge is 0.312 e. The van der Waals surface area contributed by atoms with Crippen LogP contribution in [0.15, 0.2) is 57.9 Å². The highest BCUT2D eigenvalue weighted by Crippen LogP contribution is 2.39. The number of hydrogen-bond acceptors (Lipinski definition) is 5. The van der Waals surface area contributed by atoms with Crippen molar-refractivity contribution in [2.45, 2.75) is 31.1 Å². The summed E-state index contributed by atoms with van der Waals surface area (Å²) >= 11 is 4.75. The monoisotopic (exact) mass is 529 g/mol. The molecule has 6 nitrogen and oxygen atoms in total. The van der Waals surface area contributed by atoms with Crippen LogP contribution in [0.25, 0.3) is 0 Å². The minimum atomic E-state index is -3.87. The molecule has 1 aliphatic rings. The zero-order valence-electron chi connectivity index (χ0n) is 17.2. The summed E-state index contributed by atoms with van der Waals surface area (Å²) in [5.41, 5.74) is 2.17. The molecule has 1 amide bonds. The number of carbonyl (C=O) groups excluding carboxylic acids is 1. The van der Waals surface area contributed by atoms with Gasteiger partial charge in [0.05, 0.1) is 10.5 Å². The third-order valence-corrected chi connectivity index (χ3v) is 8.43. The number of rotatable bonds is 5. The van der Waals surface area contributed by atoms with Gasteiger partial charge in [0, 0.05) is 20.6 Å². The highest BCUT2D eigenvalue weighted by molar-refractivity contribution is 9.10. The first-order valence-electron chi connectivity index (χ1n) is 10.0. The number of halogens is 1. The Hall–Kier alpha value is -2.67. The van der Waals surface area contributed by atoms with Crippen LogP contribution in [0.3, 0.4) is 0 Å².